The second-order valence-electron chi connectivity index (χ2n) is 4.74. The molecule has 1 aromatic carbocycles. The summed E-state index contributed by atoms with van der Waals surface area (Å²) in [5.74, 6) is -0.100. The Morgan fingerprint density at radius 2 is 2.25 bits per heavy atom. The smallest absolute Gasteiger partial charge is 0.123 e. The minimum absolute atomic E-state index is 0.144. The van der Waals surface area contributed by atoms with Gasteiger partial charge in [0.15, 0.2) is 0 Å². The molecule has 0 radical (unpaired) electrons. The Balaban J connectivity index is 2.41. The molecule has 2 atom stereocenters. The number of aliphatic hydroxyl groups is 1. The highest BCUT2D eigenvalue weighted by atomic mass is 19.1. The minimum atomic E-state index is -0.816. The summed E-state index contributed by atoms with van der Waals surface area (Å²) in [6, 6.07) is 4.63. The van der Waals surface area contributed by atoms with Crippen LogP contribution in [0.1, 0.15) is 24.5 Å². The molecule has 2 rings (SSSR count). The number of rotatable bonds is 1. The molecule has 3 heteroatoms. The first-order chi connectivity index (χ1) is 7.54. The van der Waals surface area contributed by atoms with Gasteiger partial charge in [-0.15, -0.1) is 0 Å². The van der Waals surface area contributed by atoms with Gasteiger partial charge in [-0.3, -0.25) is 0 Å². The van der Waals surface area contributed by atoms with Crippen molar-refractivity contribution in [1.82, 2.24) is 5.32 Å². The highest BCUT2D eigenvalue weighted by Gasteiger charge is 2.38. The summed E-state index contributed by atoms with van der Waals surface area (Å²) in [6.07, 6.45) is 0.681. The van der Waals surface area contributed by atoms with Gasteiger partial charge in [0.1, 0.15) is 5.82 Å². The maximum Gasteiger partial charge on any atom is 0.123 e. The SMILES string of the molecule is Cc1cc(F)ccc1C1(O)CCNCC1C. The number of piperidine rings is 1. The molecule has 0 aliphatic carbocycles. The second-order valence-corrected chi connectivity index (χ2v) is 4.74. The third kappa shape index (κ3) is 1.85. The lowest BCUT2D eigenvalue weighted by molar-refractivity contribution is -0.0397. The average molecular weight is 223 g/mol. The van der Waals surface area contributed by atoms with Gasteiger partial charge in [0, 0.05) is 12.5 Å². The van der Waals surface area contributed by atoms with E-state index in [0.717, 1.165) is 24.2 Å². The van der Waals surface area contributed by atoms with Gasteiger partial charge in [-0.25, -0.2) is 4.39 Å². The Morgan fingerprint density at radius 3 is 2.88 bits per heavy atom. The van der Waals surface area contributed by atoms with Crippen LogP contribution in [0.2, 0.25) is 0 Å². The maximum absolute atomic E-state index is 13.0. The van der Waals surface area contributed by atoms with Crippen molar-refractivity contribution in [2.45, 2.75) is 25.9 Å². The zero-order valence-corrected chi connectivity index (χ0v) is 9.76. The van der Waals surface area contributed by atoms with Crippen LogP contribution in [-0.4, -0.2) is 18.2 Å². The quantitative estimate of drug-likeness (QED) is 0.762. The van der Waals surface area contributed by atoms with Crippen molar-refractivity contribution in [3.05, 3.63) is 35.1 Å². The monoisotopic (exact) mass is 223 g/mol. The van der Waals surface area contributed by atoms with Gasteiger partial charge in [0.2, 0.25) is 0 Å². The Morgan fingerprint density at radius 1 is 1.50 bits per heavy atom. The van der Waals surface area contributed by atoms with Crippen molar-refractivity contribution >= 4 is 0 Å². The lowest BCUT2D eigenvalue weighted by Gasteiger charge is -2.39. The normalized spacial score (nSPS) is 30.4. The molecular formula is C13H18FNO. The summed E-state index contributed by atoms with van der Waals surface area (Å²) in [4.78, 5) is 0. The lowest BCUT2D eigenvalue weighted by Crippen LogP contribution is -2.47. The Labute approximate surface area is 95.5 Å². The summed E-state index contributed by atoms with van der Waals surface area (Å²) < 4.78 is 13.0. The van der Waals surface area contributed by atoms with Crippen LogP contribution < -0.4 is 5.32 Å². The van der Waals surface area contributed by atoms with Crippen LogP contribution in [0.3, 0.4) is 0 Å². The fourth-order valence-corrected chi connectivity index (χ4v) is 2.53. The fraction of sp³-hybridized carbons (Fsp3) is 0.538. The molecule has 1 fully saturated rings. The molecule has 0 saturated carbocycles. The average Bonchev–Trinajstić information content (AvgIpc) is 2.22. The standard InChI is InChI=1S/C13H18FNO/c1-9-7-11(14)3-4-12(9)13(16)5-6-15-8-10(13)2/h3-4,7,10,15-16H,5-6,8H2,1-2H3. The van der Waals surface area contributed by atoms with E-state index in [1.165, 1.54) is 12.1 Å². The summed E-state index contributed by atoms with van der Waals surface area (Å²) in [7, 11) is 0. The number of hydrogen-bond acceptors (Lipinski definition) is 2. The maximum atomic E-state index is 13.0. The third-order valence-electron chi connectivity index (χ3n) is 3.60. The van der Waals surface area contributed by atoms with Crippen LogP contribution in [-0.2, 0) is 5.60 Å². The fourth-order valence-electron chi connectivity index (χ4n) is 2.53. The van der Waals surface area contributed by atoms with E-state index in [2.05, 4.69) is 5.32 Å². The van der Waals surface area contributed by atoms with E-state index in [0.29, 0.717) is 6.42 Å². The predicted octanol–water partition coefficient (Wildman–Crippen LogP) is 1.95. The molecule has 1 aliphatic heterocycles. The van der Waals surface area contributed by atoms with E-state index in [1.54, 1.807) is 6.07 Å². The minimum Gasteiger partial charge on any atom is -0.385 e. The van der Waals surface area contributed by atoms with E-state index >= 15 is 0 Å². The van der Waals surface area contributed by atoms with Crippen molar-refractivity contribution < 1.29 is 9.50 Å². The molecule has 1 aliphatic rings. The molecule has 1 saturated heterocycles. The molecule has 2 N–H and O–H groups in total. The molecule has 1 aromatic rings. The lowest BCUT2D eigenvalue weighted by atomic mass is 9.76. The van der Waals surface area contributed by atoms with Crippen molar-refractivity contribution in [2.24, 2.45) is 5.92 Å². The summed E-state index contributed by atoms with van der Waals surface area (Å²) in [5.41, 5.74) is 0.877. The van der Waals surface area contributed by atoms with Gasteiger partial charge < -0.3 is 10.4 Å². The van der Waals surface area contributed by atoms with E-state index in [1.807, 2.05) is 13.8 Å². The number of aryl methyl sites for hydroxylation is 1. The predicted molar refractivity (Wildman–Crippen MR) is 61.7 cm³/mol. The Hall–Kier alpha value is -0.930. The van der Waals surface area contributed by atoms with E-state index in [4.69, 9.17) is 0 Å². The van der Waals surface area contributed by atoms with Gasteiger partial charge in [0.05, 0.1) is 5.60 Å². The van der Waals surface area contributed by atoms with Gasteiger partial charge in [-0.05, 0) is 43.1 Å². The third-order valence-corrected chi connectivity index (χ3v) is 3.60. The first-order valence-electron chi connectivity index (χ1n) is 5.74. The summed E-state index contributed by atoms with van der Waals surface area (Å²) in [6.45, 7) is 5.48. The van der Waals surface area contributed by atoms with Crippen molar-refractivity contribution in [1.29, 1.82) is 0 Å². The number of nitrogens with one attached hydrogen (secondary N) is 1. The zero-order chi connectivity index (χ0) is 11.8. The van der Waals surface area contributed by atoms with Crippen LogP contribution >= 0.6 is 0 Å². The highest BCUT2D eigenvalue weighted by molar-refractivity contribution is 5.33. The molecule has 1 heterocycles. The van der Waals surface area contributed by atoms with Crippen LogP contribution in [0.4, 0.5) is 4.39 Å². The van der Waals surface area contributed by atoms with Crippen LogP contribution in [0.5, 0.6) is 0 Å². The molecule has 2 unspecified atom stereocenters. The molecule has 0 aromatic heterocycles. The van der Waals surface area contributed by atoms with Crippen LogP contribution in [0.15, 0.2) is 18.2 Å². The first-order valence-corrected chi connectivity index (χ1v) is 5.74. The Bertz CT molecular complexity index is 394. The number of hydrogen-bond donors (Lipinski definition) is 2. The largest absolute Gasteiger partial charge is 0.385 e. The molecule has 0 amide bonds. The molecule has 2 nitrogen and oxygen atoms in total. The van der Waals surface area contributed by atoms with E-state index in [9.17, 15) is 9.50 Å². The van der Waals surface area contributed by atoms with Crippen molar-refractivity contribution in [2.75, 3.05) is 13.1 Å². The van der Waals surface area contributed by atoms with Crippen molar-refractivity contribution in [3.8, 4) is 0 Å². The van der Waals surface area contributed by atoms with Gasteiger partial charge in [-0.1, -0.05) is 13.0 Å². The van der Waals surface area contributed by atoms with Gasteiger partial charge >= 0.3 is 0 Å². The van der Waals surface area contributed by atoms with Crippen LogP contribution in [0.25, 0.3) is 0 Å². The topological polar surface area (TPSA) is 32.3 Å². The molecule has 0 spiro atoms. The summed E-state index contributed by atoms with van der Waals surface area (Å²) >= 11 is 0. The Kier molecular flexibility index (Phi) is 3.00. The number of benzene rings is 1. The van der Waals surface area contributed by atoms with Crippen molar-refractivity contribution in [3.63, 3.8) is 0 Å². The second kappa shape index (κ2) is 4.15. The van der Waals surface area contributed by atoms with E-state index < -0.39 is 5.60 Å². The first kappa shape index (κ1) is 11.6. The summed E-state index contributed by atoms with van der Waals surface area (Å²) in [5, 5.41) is 14.0. The van der Waals surface area contributed by atoms with Gasteiger partial charge in [0.25, 0.3) is 0 Å². The van der Waals surface area contributed by atoms with Gasteiger partial charge in [-0.2, -0.15) is 0 Å². The highest BCUT2D eigenvalue weighted by Crippen LogP contribution is 2.36. The van der Waals surface area contributed by atoms with E-state index in [-0.39, 0.29) is 11.7 Å². The molecule has 0 bridgehead atoms. The number of halogens is 1. The molecule has 16 heavy (non-hydrogen) atoms. The molecule has 88 valence electrons. The molecular weight excluding hydrogens is 205 g/mol. The zero-order valence-electron chi connectivity index (χ0n) is 9.76. The van der Waals surface area contributed by atoms with Crippen LogP contribution in [0, 0.1) is 18.7 Å².